The van der Waals surface area contributed by atoms with Gasteiger partial charge in [-0.25, -0.2) is 4.98 Å². The highest BCUT2D eigenvalue weighted by Gasteiger charge is 2.35. The quantitative estimate of drug-likeness (QED) is 0.199. The van der Waals surface area contributed by atoms with Crippen LogP contribution in [0.4, 0.5) is 13.2 Å². The van der Waals surface area contributed by atoms with E-state index in [4.69, 9.17) is 5.41 Å². The van der Waals surface area contributed by atoms with Crippen molar-refractivity contribution < 1.29 is 18.0 Å². The van der Waals surface area contributed by atoms with Crippen molar-refractivity contribution in [3.63, 3.8) is 0 Å². The SMILES string of the molecule is CC(=N)C(C#N)C(=O)CSc1nc2sc3c(c2c(=O)n1-c1ccccc1C(F)(F)F)CCCCC3. The van der Waals surface area contributed by atoms with Crippen LogP contribution in [0.25, 0.3) is 15.9 Å². The van der Waals surface area contributed by atoms with E-state index in [2.05, 4.69) is 4.98 Å². The van der Waals surface area contributed by atoms with E-state index in [1.807, 2.05) is 0 Å². The summed E-state index contributed by atoms with van der Waals surface area (Å²) in [7, 11) is 0. The average Bonchev–Trinajstić information content (AvgIpc) is 2.98. The number of nitrogens with zero attached hydrogens (tertiary/aromatic N) is 3. The molecule has 35 heavy (non-hydrogen) atoms. The van der Waals surface area contributed by atoms with Gasteiger partial charge in [-0.1, -0.05) is 30.3 Å². The Balaban J connectivity index is 1.92. The van der Waals surface area contributed by atoms with Gasteiger partial charge in [0.25, 0.3) is 5.56 Å². The number of thiophene rings is 1. The molecule has 0 spiro atoms. The highest BCUT2D eigenvalue weighted by Crippen LogP contribution is 2.37. The van der Waals surface area contributed by atoms with Crippen LogP contribution in [0.5, 0.6) is 0 Å². The molecule has 1 N–H and O–H groups in total. The predicted octanol–water partition coefficient (Wildman–Crippen LogP) is 5.58. The lowest BCUT2D eigenvalue weighted by Crippen LogP contribution is -2.26. The molecule has 0 saturated heterocycles. The first kappa shape index (κ1) is 25.1. The van der Waals surface area contributed by atoms with Crippen LogP contribution in [0.2, 0.25) is 0 Å². The van der Waals surface area contributed by atoms with Gasteiger partial charge >= 0.3 is 6.18 Å². The molecule has 3 aromatic rings. The van der Waals surface area contributed by atoms with Crippen molar-refractivity contribution in [1.82, 2.24) is 9.55 Å². The summed E-state index contributed by atoms with van der Waals surface area (Å²) in [5.74, 6) is -2.14. The number of ketones is 1. The topological polar surface area (TPSA) is 99.6 Å². The van der Waals surface area contributed by atoms with Crippen LogP contribution < -0.4 is 5.56 Å². The highest BCUT2D eigenvalue weighted by molar-refractivity contribution is 7.99. The van der Waals surface area contributed by atoms with Gasteiger partial charge in [-0.05, 0) is 50.3 Å². The van der Waals surface area contributed by atoms with Crippen LogP contribution >= 0.6 is 23.1 Å². The highest BCUT2D eigenvalue weighted by atomic mass is 32.2. The molecule has 0 fully saturated rings. The molecule has 2 aromatic heterocycles. The van der Waals surface area contributed by atoms with Crippen molar-refractivity contribution in [3.8, 4) is 11.8 Å². The molecular weight excluding hydrogens is 497 g/mol. The molecule has 0 radical (unpaired) electrons. The first-order valence-electron chi connectivity index (χ1n) is 11.0. The molecule has 1 aromatic carbocycles. The maximum absolute atomic E-state index is 13.9. The number of alkyl halides is 3. The number of Topliss-reactive ketones (excluding diaryl/α,β-unsaturated/α-hetero) is 1. The Bertz CT molecular complexity index is 1420. The Labute approximate surface area is 207 Å². The van der Waals surface area contributed by atoms with E-state index < -0.39 is 29.0 Å². The predicted molar refractivity (Wildman–Crippen MR) is 130 cm³/mol. The van der Waals surface area contributed by atoms with E-state index in [1.54, 1.807) is 6.07 Å². The van der Waals surface area contributed by atoms with Gasteiger partial charge in [-0.15, -0.1) is 11.3 Å². The third kappa shape index (κ3) is 4.90. The molecular formula is C24H21F3N4O2S2. The van der Waals surface area contributed by atoms with E-state index in [-0.39, 0.29) is 22.3 Å². The van der Waals surface area contributed by atoms with Crippen molar-refractivity contribution in [2.75, 3.05) is 5.75 Å². The van der Waals surface area contributed by atoms with Gasteiger partial charge in [0.1, 0.15) is 10.7 Å². The smallest absolute Gasteiger partial charge is 0.308 e. The number of hydrogen-bond acceptors (Lipinski definition) is 7. The van der Waals surface area contributed by atoms with Crippen molar-refractivity contribution in [2.24, 2.45) is 5.92 Å². The van der Waals surface area contributed by atoms with Gasteiger partial charge in [0, 0.05) is 10.6 Å². The number of nitrogens with one attached hydrogen (secondary N) is 1. The first-order valence-corrected chi connectivity index (χ1v) is 12.8. The molecule has 1 unspecified atom stereocenters. The number of carbonyl (C=O) groups excluding carboxylic acids is 1. The van der Waals surface area contributed by atoms with Gasteiger partial charge in [0.05, 0.1) is 28.5 Å². The van der Waals surface area contributed by atoms with Gasteiger partial charge in [-0.3, -0.25) is 14.2 Å². The Morgan fingerprint density at radius 2 is 2.00 bits per heavy atom. The van der Waals surface area contributed by atoms with Crippen LogP contribution in [0.3, 0.4) is 0 Å². The number of para-hydroxylation sites is 1. The number of fused-ring (bicyclic) bond motifs is 3. The van der Waals surface area contributed by atoms with Crippen LogP contribution in [0.15, 0.2) is 34.2 Å². The monoisotopic (exact) mass is 518 g/mol. The molecule has 11 heteroatoms. The summed E-state index contributed by atoms with van der Waals surface area (Å²) in [4.78, 5) is 32.4. The molecule has 0 bridgehead atoms. The molecule has 1 aliphatic rings. The minimum atomic E-state index is -4.71. The number of thioether (sulfide) groups is 1. The van der Waals surface area contributed by atoms with Crippen molar-refractivity contribution in [2.45, 2.75) is 50.4 Å². The normalized spacial score (nSPS) is 14.7. The lowest BCUT2D eigenvalue weighted by atomic mass is 10.0. The van der Waals surface area contributed by atoms with Gasteiger partial charge in [0.15, 0.2) is 10.9 Å². The Morgan fingerprint density at radius 1 is 1.29 bits per heavy atom. The lowest BCUT2D eigenvalue weighted by Gasteiger charge is -2.17. The second kappa shape index (κ2) is 9.95. The Hall–Kier alpha value is -2.97. The molecule has 2 heterocycles. The number of benzene rings is 1. The van der Waals surface area contributed by atoms with Crippen molar-refractivity contribution >= 4 is 44.8 Å². The summed E-state index contributed by atoms with van der Waals surface area (Å²) < 4.78 is 42.6. The van der Waals surface area contributed by atoms with Crippen LogP contribution in [-0.4, -0.2) is 26.8 Å². The van der Waals surface area contributed by atoms with Crippen LogP contribution in [0, 0.1) is 22.7 Å². The molecule has 0 saturated carbocycles. The van der Waals surface area contributed by atoms with E-state index in [0.717, 1.165) is 58.5 Å². The number of rotatable bonds is 6. The van der Waals surface area contributed by atoms with E-state index >= 15 is 0 Å². The summed E-state index contributed by atoms with van der Waals surface area (Å²) >= 11 is 2.18. The number of nitriles is 1. The van der Waals surface area contributed by atoms with E-state index in [0.29, 0.717) is 16.6 Å². The molecule has 0 amide bonds. The summed E-state index contributed by atoms with van der Waals surface area (Å²) in [6.45, 7) is 1.34. The van der Waals surface area contributed by atoms with Gasteiger partial charge < -0.3 is 5.41 Å². The van der Waals surface area contributed by atoms with Gasteiger partial charge in [-0.2, -0.15) is 18.4 Å². The molecule has 182 valence electrons. The number of aryl methyl sites for hydroxylation is 2. The molecule has 4 rings (SSSR count). The minimum Gasteiger partial charge on any atom is -0.308 e. The summed E-state index contributed by atoms with van der Waals surface area (Å²) in [5.41, 5.74) is -1.20. The lowest BCUT2D eigenvalue weighted by molar-refractivity contribution is -0.137. The third-order valence-corrected chi connectivity index (χ3v) is 8.03. The van der Waals surface area contributed by atoms with E-state index in [9.17, 15) is 28.0 Å². The van der Waals surface area contributed by atoms with Crippen LogP contribution in [-0.2, 0) is 23.8 Å². The maximum atomic E-state index is 13.9. The Kier molecular flexibility index (Phi) is 7.15. The second-order valence-corrected chi connectivity index (χ2v) is 10.3. The largest absolute Gasteiger partial charge is 0.418 e. The standard InChI is InChI=1S/C24H21F3N4O2S2/c1-13(29)15(11-28)18(32)12-34-23-30-21-20(14-7-3-2-4-10-19(14)35-21)22(33)31(23)17-9-6-5-8-16(17)24(25,26)27/h5-6,8-9,15,29H,2-4,7,10,12H2,1H3. The fourth-order valence-corrected chi connectivity index (χ4v) is 6.42. The van der Waals surface area contributed by atoms with Crippen LogP contribution in [0.1, 0.15) is 42.2 Å². The second-order valence-electron chi connectivity index (χ2n) is 8.29. The molecule has 1 atom stereocenters. The zero-order chi connectivity index (χ0) is 25.3. The minimum absolute atomic E-state index is 0.0525. The number of hydrogen-bond donors (Lipinski definition) is 1. The maximum Gasteiger partial charge on any atom is 0.418 e. The fourth-order valence-electron chi connectivity index (χ4n) is 4.21. The van der Waals surface area contributed by atoms with E-state index in [1.165, 1.54) is 36.5 Å². The molecule has 1 aliphatic carbocycles. The van der Waals surface area contributed by atoms with Gasteiger partial charge in [0.2, 0.25) is 0 Å². The zero-order valence-corrected chi connectivity index (χ0v) is 20.4. The summed E-state index contributed by atoms with van der Waals surface area (Å²) in [5, 5.41) is 17.1. The first-order chi connectivity index (χ1) is 16.6. The zero-order valence-electron chi connectivity index (χ0n) is 18.7. The van der Waals surface area contributed by atoms with Crippen molar-refractivity contribution in [3.05, 3.63) is 50.6 Å². The summed E-state index contributed by atoms with van der Waals surface area (Å²) in [6.07, 6.45) is -0.374. The average molecular weight is 519 g/mol. The van der Waals surface area contributed by atoms with Crippen molar-refractivity contribution in [1.29, 1.82) is 10.7 Å². The number of aromatic nitrogens is 2. The summed E-state index contributed by atoms with van der Waals surface area (Å²) in [6, 6.07) is 6.56. The molecule has 0 aliphatic heterocycles. The Morgan fingerprint density at radius 3 is 2.69 bits per heavy atom. The molecule has 6 nitrogen and oxygen atoms in total. The number of carbonyl (C=O) groups is 1. The number of halogens is 3. The fraction of sp³-hybridized carbons (Fsp3) is 0.375. The third-order valence-electron chi connectivity index (χ3n) is 5.89.